The minimum atomic E-state index is -0.489. The third-order valence-electron chi connectivity index (χ3n) is 3.07. The van der Waals surface area contributed by atoms with E-state index in [4.69, 9.17) is 4.74 Å². The van der Waals surface area contributed by atoms with Crippen LogP contribution in [0.3, 0.4) is 0 Å². The zero-order valence-electron chi connectivity index (χ0n) is 13.3. The van der Waals surface area contributed by atoms with Crippen LogP contribution in [0.25, 0.3) is 0 Å². The van der Waals surface area contributed by atoms with Gasteiger partial charge in [-0.2, -0.15) is 0 Å². The van der Waals surface area contributed by atoms with E-state index in [1.165, 1.54) is 4.57 Å². The van der Waals surface area contributed by atoms with Crippen LogP contribution in [-0.2, 0) is 20.9 Å². The van der Waals surface area contributed by atoms with Gasteiger partial charge in [0.05, 0.1) is 6.42 Å². The Morgan fingerprint density at radius 2 is 2.14 bits per heavy atom. The first-order valence-electron chi connectivity index (χ1n) is 7.07. The first-order chi connectivity index (χ1) is 10.3. The molecule has 0 aliphatic rings. The van der Waals surface area contributed by atoms with Crippen LogP contribution in [-0.4, -0.2) is 41.0 Å². The molecule has 0 atom stereocenters. The van der Waals surface area contributed by atoms with Gasteiger partial charge in [0.25, 0.3) is 5.91 Å². The molecule has 0 N–H and O–H groups in total. The fraction of sp³-hybridized carbons (Fsp3) is 0.533. The molecule has 1 rings (SSSR count). The molecule has 1 aromatic heterocycles. The van der Waals surface area contributed by atoms with Gasteiger partial charge in [-0.15, -0.1) is 0 Å². The molecule has 0 radical (unpaired) electrons. The maximum absolute atomic E-state index is 11.9. The lowest BCUT2D eigenvalue weighted by Crippen LogP contribution is -2.35. The smallest absolute Gasteiger partial charge is 0.308 e. The molecule has 0 aliphatic carbocycles. The number of aromatic nitrogens is 1. The third kappa shape index (κ3) is 5.48. The third-order valence-corrected chi connectivity index (χ3v) is 3.95. The van der Waals surface area contributed by atoms with Gasteiger partial charge < -0.3 is 14.2 Å². The highest BCUT2D eigenvalue weighted by Crippen LogP contribution is 2.02. The van der Waals surface area contributed by atoms with Crippen molar-refractivity contribution in [1.82, 2.24) is 9.47 Å². The van der Waals surface area contributed by atoms with E-state index in [9.17, 15) is 14.4 Å². The van der Waals surface area contributed by atoms with Crippen molar-refractivity contribution in [2.75, 3.05) is 19.7 Å². The topological polar surface area (TPSA) is 68.6 Å². The SMILES string of the molecule is C=C(C)CN(CC)C(=O)COC(=O)CCn1c(C)csc1=O. The van der Waals surface area contributed by atoms with Crippen LogP contribution in [0.1, 0.15) is 26.0 Å². The van der Waals surface area contributed by atoms with Crippen LogP contribution in [0.4, 0.5) is 0 Å². The fourth-order valence-corrected chi connectivity index (χ4v) is 2.65. The van der Waals surface area contributed by atoms with Crippen molar-refractivity contribution in [3.63, 3.8) is 0 Å². The Kier molecular flexibility index (Phi) is 7.04. The molecule has 0 fully saturated rings. The molecule has 7 heteroatoms. The molecule has 0 unspecified atom stereocenters. The monoisotopic (exact) mass is 326 g/mol. The molecule has 22 heavy (non-hydrogen) atoms. The summed E-state index contributed by atoms with van der Waals surface area (Å²) in [6.45, 7) is 10.2. The molecular formula is C15H22N2O4S. The quantitative estimate of drug-likeness (QED) is 0.537. The number of hydrogen-bond donors (Lipinski definition) is 0. The first kappa shape index (κ1) is 18.2. The summed E-state index contributed by atoms with van der Waals surface area (Å²) in [6.07, 6.45) is 0.0668. The number of amides is 1. The zero-order valence-corrected chi connectivity index (χ0v) is 14.1. The second-order valence-electron chi connectivity index (χ2n) is 5.07. The van der Waals surface area contributed by atoms with Crippen LogP contribution in [0, 0.1) is 6.92 Å². The van der Waals surface area contributed by atoms with Crippen LogP contribution in [0.5, 0.6) is 0 Å². The molecule has 1 amide bonds. The van der Waals surface area contributed by atoms with E-state index in [0.29, 0.717) is 13.1 Å². The Morgan fingerprint density at radius 3 is 2.64 bits per heavy atom. The lowest BCUT2D eigenvalue weighted by Gasteiger charge is -2.20. The Hall–Kier alpha value is -1.89. The summed E-state index contributed by atoms with van der Waals surface area (Å²) < 4.78 is 6.50. The van der Waals surface area contributed by atoms with Gasteiger partial charge in [-0.25, -0.2) is 0 Å². The molecular weight excluding hydrogens is 304 g/mol. The number of ether oxygens (including phenoxy) is 1. The molecule has 0 bridgehead atoms. The van der Waals surface area contributed by atoms with Gasteiger partial charge in [-0.05, 0) is 20.8 Å². The molecule has 0 saturated carbocycles. The summed E-state index contributed by atoms with van der Waals surface area (Å²) in [6, 6.07) is 0. The minimum Gasteiger partial charge on any atom is -0.456 e. The van der Waals surface area contributed by atoms with E-state index in [1.54, 1.807) is 10.3 Å². The van der Waals surface area contributed by atoms with Crippen molar-refractivity contribution in [3.05, 3.63) is 32.9 Å². The van der Waals surface area contributed by atoms with Crippen LogP contribution < -0.4 is 4.87 Å². The van der Waals surface area contributed by atoms with E-state index in [1.807, 2.05) is 20.8 Å². The summed E-state index contributed by atoms with van der Waals surface area (Å²) in [5, 5.41) is 1.74. The maximum atomic E-state index is 11.9. The summed E-state index contributed by atoms with van der Waals surface area (Å²) in [5.41, 5.74) is 1.69. The number of carbonyl (C=O) groups is 2. The Bertz CT molecular complexity index is 603. The normalized spacial score (nSPS) is 10.3. The van der Waals surface area contributed by atoms with Crippen molar-refractivity contribution in [2.24, 2.45) is 0 Å². The van der Waals surface area contributed by atoms with Crippen molar-refractivity contribution in [2.45, 2.75) is 33.7 Å². The van der Waals surface area contributed by atoms with Crippen molar-refractivity contribution in [3.8, 4) is 0 Å². The second kappa shape index (κ2) is 8.53. The van der Waals surface area contributed by atoms with Crippen LogP contribution in [0.15, 0.2) is 22.3 Å². The van der Waals surface area contributed by atoms with Gasteiger partial charge in [0.15, 0.2) is 6.61 Å². The highest BCUT2D eigenvalue weighted by Gasteiger charge is 2.14. The summed E-state index contributed by atoms with van der Waals surface area (Å²) >= 11 is 1.10. The molecule has 0 saturated heterocycles. The average Bonchev–Trinajstić information content (AvgIpc) is 2.78. The van der Waals surface area contributed by atoms with E-state index >= 15 is 0 Å². The van der Waals surface area contributed by atoms with Crippen molar-refractivity contribution in [1.29, 1.82) is 0 Å². The number of likely N-dealkylation sites (N-methyl/N-ethyl adjacent to an activating group) is 1. The first-order valence-corrected chi connectivity index (χ1v) is 7.95. The van der Waals surface area contributed by atoms with Gasteiger partial charge in [0.2, 0.25) is 0 Å². The van der Waals surface area contributed by atoms with Gasteiger partial charge in [-0.1, -0.05) is 23.5 Å². The Balaban J connectivity index is 2.41. The van der Waals surface area contributed by atoms with Crippen molar-refractivity contribution < 1.29 is 14.3 Å². The van der Waals surface area contributed by atoms with Gasteiger partial charge in [-0.3, -0.25) is 14.4 Å². The molecule has 0 spiro atoms. The molecule has 0 aromatic carbocycles. The maximum Gasteiger partial charge on any atom is 0.308 e. The van der Waals surface area contributed by atoms with Crippen LogP contribution in [0.2, 0.25) is 0 Å². The summed E-state index contributed by atoms with van der Waals surface area (Å²) in [7, 11) is 0. The molecule has 6 nitrogen and oxygen atoms in total. The lowest BCUT2D eigenvalue weighted by molar-refractivity contribution is -0.152. The highest BCUT2D eigenvalue weighted by molar-refractivity contribution is 7.07. The number of nitrogens with zero attached hydrogens (tertiary/aromatic N) is 2. The number of thiazole rings is 1. The van der Waals surface area contributed by atoms with E-state index in [0.717, 1.165) is 22.6 Å². The number of esters is 1. The van der Waals surface area contributed by atoms with Crippen molar-refractivity contribution >= 4 is 23.2 Å². The number of carbonyl (C=O) groups excluding carboxylic acids is 2. The van der Waals surface area contributed by atoms with Gasteiger partial charge in [0.1, 0.15) is 0 Å². The Labute approximate surface area is 134 Å². The molecule has 1 aromatic rings. The molecule has 0 aliphatic heterocycles. The van der Waals surface area contributed by atoms with E-state index in [-0.39, 0.29) is 30.4 Å². The highest BCUT2D eigenvalue weighted by atomic mass is 32.1. The number of hydrogen-bond acceptors (Lipinski definition) is 5. The summed E-state index contributed by atoms with van der Waals surface area (Å²) in [4.78, 5) is 36.6. The zero-order chi connectivity index (χ0) is 16.7. The standard InChI is InChI=1S/C15H22N2O4S/c1-5-16(8-11(2)3)13(18)9-21-14(19)6-7-17-12(4)10-22-15(17)20/h10H,2,5-9H2,1,3-4H3. The molecule has 122 valence electrons. The number of aryl methyl sites for hydroxylation is 1. The predicted molar refractivity (Wildman–Crippen MR) is 86.0 cm³/mol. The van der Waals surface area contributed by atoms with E-state index in [2.05, 4.69) is 6.58 Å². The predicted octanol–water partition coefficient (Wildman–Crippen LogP) is 1.58. The molecule has 1 heterocycles. The average molecular weight is 326 g/mol. The number of rotatable bonds is 8. The largest absolute Gasteiger partial charge is 0.456 e. The van der Waals surface area contributed by atoms with Gasteiger partial charge in [0, 0.05) is 30.7 Å². The summed E-state index contributed by atoms with van der Waals surface area (Å²) in [5.74, 6) is -0.736. The fourth-order valence-electron chi connectivity index (χ4n) is 1.89. The minimum absolute atomic E-state index is 0.0668. The lowest BCUT2D eigenvalue weighted by atomic mass is 10.3. The second-order valence-corrected chi connectivity index (χ2v) is 5.89. The Morgan fingerprint density at radius 1 is 1.45 bits per heavy atom. The van der Waals surface area contributed by atoms with Crippen LogP contribution >= 0.6 is 11.3 Å². The van der Waals surface area contributed by atoms with E-state index < -0.39 is 5.97 Å². The van der Waals surface area contributed by atoms with Gasteiger partial charge >= 0.3 is 10.8 Å².